The van der Waals surface area contributed by atoms with Gasteiger partial charge in [0.15, 0.2) is 0 Å². The van der Waals surface area contributed by atoms with E-state index in [1.54, 1.807) is 6.07 Å². The van der Waals surface area contributed by atoms with Gasteiger partial charge in [-0.2, -0.15) is 13.2 Å². The number of para-hydroxylation sites is 1. The fourth-order valence-corrected chi connectivity index (χ4v) is 2.80. The molecular weight excluding hydrogens is 381 g/mol. The highest BCUT2D eigenvalue weighted by Crippen LogP contribution is 2.32. The third kappa shape index (κ3) is 4.13. The minimum atomic E-state index is -4.37. The average Bonchev–Trinajstić information content (AvgIpc) is 3.19. The van der Waals surface area contributed by atoms with Gasteiger partial charge in [-0.25, -0.2) is 0 Å². The number of allylic oxidation sites excluding steroid dienone is 2. The number of dihydropyridines is 1. The normalized spacial score (nSPS) is 16.3. The van der Waals surface area contributed by atoms with Gasteiger partial charge in [0, 0.05) is 29.2 Å². The van der Waals surface area contributed by atoms with Crippen LogP contribution in [0.4, 0.5) is 24.5 Å². The van der Waals surface area contributed by atoms with Crippen LogP contribution in [-0.2, 0) is 6.18 Å². The largest absolute Gasteiger partial charge is 0.416 e. The van der Waals surface area contributed by atoms with Crippen LogP contribution in [-0.4, -0.2) is 26.2 Å². The number of halogens is 3. The van der Waals surface area contributed by atoms with Crippen LogP contribution in [0.2, 0.25) is 0 Å². The molecule has 1 aromatic heterocycles. The number of aromatic nitrogens is 4. The summed E-state index contributed by atoms with van der Waals surface area (Å²) in [6.07, 6.45) is 1.33. The van der Waals surface area contributed by atoms with Crippen LogP contribution in [0.5, 0.6) is 0 Å². The third-order valence-corrected chi connectivity index (χ3v) is 4.35. The number of hydrogen-bond donors (Lipinski definition) is 2. The summed E-state index contributed by atoms with van der Waals surface area (Å²) in [4.78, 5) is 1.42. The lowest BCUT2D eigenvalue weighted by atomic mass is 10.1. The lowest BCUT2D eigenvalue weighted by Gasteiger charge is -2.13. The van der Waals surface area contributed by atoms with Crippen LogP contribution in [0.1, 0.15) is 12.5 Å². The topological polar surface area (TPSA) is 67.7 Å². The first-order chi connectivity index (χ1) is 13.9. The number of benzene rings is 2. The van der Waals surface area contributed by atoms with Gasteiger partial charge in [0.05, 0.1) is 5.56 Å². The first-order valence-corrected chi connectivity index (χ1v) is 8.89. The quantitative estimate of drug-likeness (QED) is 0.680. The van der Waals surface area contributed by atoms with E-state index in [0.717, 1.165) is 17.8 Å². The molecule has 2 aromatic carbocycles. The predicted molar refractivity (Wildman–Crippen MR) is 104 cm³/mol. The van der Waals surface area contributed by atoms with Crippen molar-refractivity contribution in [2.45, 2.75) is 19.1 Å². The van der Waals surface area contributed by atoms with Crippen molar-refractivity contribution in [1.82, 2.24) is 25.5 Å². The average molecular weight is 398 g/mol. The van der Waals surface area contributed by atoms with Crippen molar-refractivity contribution < 1.29 is 13.2 Å². The highest BCUT2D eigenvalue weighted by Gasteiger charge is 2.30. The van der Waals surface area contributed by atoms with Crippen molar-refractivity contribution in [3.63, 3.8) is 0 Å². The summed E-state index contributed by atoms with van der Waals surface area (Å²) in [6, 6.07) is 12.3. The van der Waals surface area contributed by atoms with E-state index in [4.69, 9.17) is 0 Å². The van der Waals surface area contributed by atoms with Gasteiger partial charge < -0.3 is 10.6 Å². The van der Waals surface area contributed by atoms with Crippen molar-refractivity contribution in [2.75, 3.05) is 5.32 Å². The molecular formula is C20H17F3N6. The van der Waals surface area contributed by atoms with Gasteiger partial charge in [-0.1, -0.05) is 18.2 Å². The Morgan fingerprint density at radius 2 is 1.83 bits per heavy atom. The molecule has 2 heterocycles. The summed E-state index contributed by atoms with van der Waals surface area (Å²) in [5.41, 5.74) is 1.91. The molecule has 2 N–H and O–H groups in total. The van der Waals surface area contributed by atoms with E-state index in [2.05, 4.69) is 26.0 Å². The highest BCUT2D eigenvalue weighted by molar-refractivity contribution is 5.77. The van der Waals surface area contributed by atoms with Crippen molar-refractivity contribution in [2.24, 2.45) is 0 Å². The molecule has 148 valence electrons. The maximum atomic E-state index is 12.7. The Bertz CT molecular complexity index is 1070. The van der Waals surface area contributed by atoms with Crippen LogP contribution in [0.25, 0.3) is 17.1 Å². The zero-order valence-electron chi connectivity index (χ0n) is 15.4. The molecule has 6 nitrogen and oxygen atoms in total. The summed E-state index contributed by atoms with van der Waals surface area (Å²) in [5, 5.41) is 18.9. The number of rotatable bonds is 4. The third-order valence-electron chi connectivity index (χ3n) is 4.35. The summed E-state index contributed by atoms with van der Waals surface area (Å²) in [7, 11) is 0. The molecule has 1 unspecified atom stereocenters. The lowest BCUT2D eigenvalue weighted by Crippen LogP contribution is -2.22. The first-order valence-electron chi connectivity index (χ1n) is 8.89. The van der Waals surface area contributed by atoms with Gasteiger partial charge >= 0.3 is 6.18 Å². The standard InChI is InChI=1S/C20H17F3N6/c1-13-6-11-16(12-24-13)29-27-19(26-28-29)17-4-2-3-5-18(17)25-15-9-7-14(8-10-15)20(21,22)23/h2-13,24-25H,1H3. The summed E-state index contributed by atoms with van der Waals surface area (Å²) < 4.78 is 38.2. The van der Waals surface area contributed by atoms with Crippen molar-refractivity contribution in [1.29, 1.82) is 0 Å². The lowest BCUT2D eigenvalue weighted by molar-refractivity contribution is -0.137. The number of alkyl halides is 3. The molecule has 0 aliphatic carbocycles. The molecule has 0 bridgehead atoms. The first kappa shape index (κ1) is 18.7. The molecule has 0 spiro atoms. The molecule has 0 fully saturated rings. The number of hydrogen-bond acceptors (Lipinski definition) is 5. The van der Waals surface area contributed by atoms with E-state index in [0.29, 0.717) is 22.8 Å². The van der Waals surface area contributed by atoms with Gasteiger partial charge in [0.2, 0.25) is 5.82 Å². The molecule has 0 saturated heterocycles. The summed E-state index contributed by atoms with van der Waals surface area (Å²) >= 11 is 0. The minimum Gasteiger partial charge on any atom is -0.383 e. The Morgan fingerprint density at radius 3 is 2.52 bits per heavy atom. The minimum absolute atomic E-state index is 0.232. The van der Waals surface area contributed by atoms with E-state index in [1.807, 2.05) is 43.5 Å². The van der Waals surface area contributed by atoms with E-state index in [9.17, 15) is 13.2 Å². The van der Waals surface area contributed by atoms with E-state index < -0.39 is 11.7 Å². The van der Waals surface area contributed by atoms with E-state index >= 15 is 0 Å². The van der Waals surface area contributed by atoms with Gasteiger partial charge in [0.1, 0.15) is 5.70 Å². The molecule has 1 aliphatic rings. The zero-order chi connectivity index (χ0) is 20.4. The maximum absolute atomic E-state index is 12.7. The number of tetrazole rings is 1. The van der Waals surface area contributed by atoms with Crippen LogP contribution >= 0.6 is 0 Å². The molecule has 1 atom stereocenters. The Labute approximate surface area is 164 Å². The second kappa shape index (κ2) is 7.42. The molecule has 0 saturated carbocycles. The molecule has 1 aliphatic heterocycles. The van der Waals surface area contributed by atoms with Gasteiger partial charge in [0.25, 0.3) is 0 Å². The monoisotopic (exact) mass is 398 g/mol. The SMILES string of the molecule is CC1C=CC(n2nnc(-c3ccccc3Nc3ccc(C(F)(F)F)cc3)n2)=CN1. The number of nitrogens with zero attached hydrogens (tertiary/aromatic N) is 4. The van der Waals surface area contributed by atoms with Gasteiger partial charge in [-0.05, 0) is 54.6 Å². The van der Waals surface area contributed by atoms with Crippen molar-refractivity contribution in [3.05, 3.63) is 72.4 Å². The summed E-state index contributed by atoms with van der Waals surface area (Å²) in [5.74, 6) is 0.396. The molecule has 29 heavy (non-hydrogen) atoms. The summed E-state index contributed by atoms with van der Waals surface area (Å²) in [6.45, 7) is 2.02. The van der Waals surface area contributed by atoms with E-state index in [-0.39, 0.29) is 6.04 Å². The smallest absolute Gasteiger partial charge is 0.383 e. The van der Waals surface area contributed by atoms with Crippen molar-refractivity contribution in [3.8, 4) is 11.4 Å². The van der Waals surface area contributed by atoms with Gasteiger partial charge in [-0.15, -0.1) is 15.0 Å². The van der Waals surface area contributed by atoms with Crippen LogP contribution < -0.4 is 10.6 Å². The predicted octanol–water partition coefficient (Wildman–Crippen LogP) is 4.45. The van der Waals surface area contributed by atoms with Crippen LogP contribution in [0, 0.1) is 0 Å². The Morgan fingerprint density at radius 1 is 1.07 bits per heavy atom. The Kier molecular flexibility index (Phi) is 4.79. The molecule has 9 heteroatoms. The molecule has 0 radical (unpaired) electrons. The fourth-order valence-electron chi connectivity index (χ4n) is 2.80. The Balaban J connectivity index is 1.59. The fraction of sp³-hybridized carbons (Fsp3) is 0.150. The second-order valence-corrected chi connectivity index (χ2v) is 6.53. The zero-order valence-corrected chi connectivity index (χ0v) is 15.4. The van der Waals surface area contributed by atoms with E-state index in [1.165, 1.54) is 16.9 Å². The number of nitrogens with one attached hydrogen (secondary N) is 2. The number of anilines is 2. The second-order valence-electron chi connectivity index (χ2n) is 6.53. The molecule has 4 rings (SSSR count). The maximum Gasteiger partial charge on any atom is 0.416 e. The van der Waals surface area contributed by atoms with Crippen molar-refractivity contribution >= 4 is 17.1 Å². The van der Waals surface area contributed by atoms with Gasteiger partial charge in [-0.3, -0.25) is 0 Å². The molecule has 3 aromatic rings. The molecule has 0 amide bonds. The van der Waals surface area contributed by atoms with Crippen LogP contribution in [0.3, 0.4) is 0 Å². The van der Waals surface area contributed by atoms with Crippen LogP contribution in [0.15, 0.2) is 66.9 Å². The highest BCUT2D eigenvalue weighted by atomic mass is 19.4. The Hall–Kier alpha value is -3.62.